The molecule has 3 nitrogen and oxygen atoms in total. The second-order valence-electron chi connectivity index (χ2n) is 3.22. The van der Waals surface area contributed by atoms with E-state index in [9.17, 15) is 4.79 Å². The molecule has 1 saturated carbocycles. The summed E-state index contributed by atoms with van der Waals surface area (Å²) in [4.78, 5) is 13.4. The van der Waals surface area contributed by atoms with E-state index in [0.717, 1.165) is 18.4 Å². The van der Waals surface area contributed by atoms with Crippen LogP contribution in [0.15, 0.2) is 17.1 Å². The lowest BCUT2D eigenvalue weighted by Crippen LogP contribution is -2.20. The highest BCUT2D eigenvalue weighted by Gasteiger charge is 2.40. The van der Waals surface area contributed by atoms with Crippen molar-refractivity contribution in [3.8, 4) is 0 Å². The smallest absolute Gasteiger partial charge is 0.266 e. The average Bonchev–Trinajstić information content (AvgIpc) is 2.75. The SMILES string of the molecule is NC1(c2c[nH]c(=O)c(Cl)c2)CC1. The molecule has 1 aromatic rings. The monoisotopic (exact) mass is 184 g/mol. The molecular weight excluding hydrogens is 176 g/mol. The minimum Gasteiger partial charge on any atom is -0.327 e. The van der Waals surface area contributed by atoms with Gasteiger partial charge in [-0.05, 0) is 24.5 Å². The number of nitrogens with one attached hydrogen (secondary N) is 1. The second-order valence-corrected chi connectivity index (χ2v) is 3.63. The second kappa shape index (κ2) is 2.34. The van der Waals surface area contributed by atoms with Crippen LogP contribution in [0.25, 0.3) is 0 Å². The van der Waals surface area contributed by atoms with Gasteiger partial charge in [0.05, 0.1) is 0 Å². The van der Waals surface area contributed by atoms with Gasteiger partial charge in [0.1, 0.15) is 5.02 Å². The molecule has 4 heteroatoms. The van der Waals surface area contributed by atoms with Gasteiger partial charge in [0.25, 0.3) is 5.56 Å². The van der Waals surface area contributed by atoms with Crippen molar-refractivity contribution < 1.29 is 0 Å². The van der Waals surface area contributed by atoms with Gasteiger partial charge in [-0.3, -0.25) is 4.79 Å². The van der Waals surface area contributed by atoms with E-state index in [0.29, 0.717) is 0 Å². The molecule has 0 aliphatic heterocycles. The van der Waals surface area contributed by atoms with Crippen molar-refractivity contribution >= 4 is 11.6 Å². The largest absolute Gasteiger partial charge is 0.327 e. The lowest BCUT2D eigenvalue weighted by atomic mass is 10.1. The number of nitrogens with two attached hydrogens (primary N) is 1. The zero-order valence-corrected chi connectivity index (χ0v) is 7.19. The topological polar surface area (TPSA) is 58.9 Å². The summed E-state index contributed by atoms with van der Waals surface area (Å²) < 4.78 is 0. The highest BCUT2D eigenvalue weighted by Crippen LogP contribution is 2.42. The molecule has 0 unspecified atom stereocenters. The molecule has 1 aliphatic carbocycles. The Hall–Kier alpha value is -0.800. The molecule has 1 fully saturated rings. The van der Waals surface area contributed by atoms with Crippen LogP contribution >= 0.6 is 11.6 Å². The summed E-state index contributed by atoms with van der Waals surface area (Å²) in [6.45, 7) is 0. The van der Waals surface area contributed by atoms with Crippen LogP contribution in [0.5, 0.6) is 0 Å². The minimum atomic E-state index is -0.260. The summed E-state index contributed by atoms with van der Waals surface area (Å²) in [5.41, 5.74) is 6.34. The van der Waals surface area contributed by atoms with E-state index >= 15 is 0 Å². The van der Waals surface area contributed by atoms with Gasteiger partial charge in [-0.15, -0.1) is 0 Å². The maximum atomic E-state index is 10.9. The zero-order valence-electron chi connectivity index (χ0n) is 6.43. The first-order chi connectivity index (χ1) is 5.62. The standard InChI is InChI=1S/C8H9ClN2O/c9-6-3-5(4-11-7(6)12)8(10)1-2-8/h3-4H,1-2,10H2,(H,11,12). The van der Waals surface area contributed by atoms with Gasteiger partial charge in [0, 0.05) is 11.7 Å². The molecule has 0 aromatic carbocycles. The molecule has 0 atom stereocenters. The molecule has 1 aromatic heterocycles. The number of H-pyrrole nitrogens is 1. The van der Waals surface area contributed by atoms with Crippen molar-refractivity contribution in [3.05, 3.63) is 33.2 Å². The number of pyridine rings is 1. The fourth-order valence-corrected chi connectivity index (χ4v) is 1.34. The first kappa shape index (κ1) is 7.83. The predicted molar refractivity (Wildman–Crippen MR) is 47.2 cm³/mol. The van der Waals surface area contributed by atoms with E-state index in [4.69, 9.17) is 17.3 Å². The Labute approximate surface area is 74.5 Å². The first-order valence-corrected chi connectivity index (χ1v) is 4.17. The maximum Gasteiger partial charge on any atom is 0.266 e. The minimum absolute atomic E-state index is 0.212. The third-order valence-electron chi connectivity index (χ3n) is 2.22. The Balaban J connectivity index is 2.48. The van der Waals surface area contributed by atoms with E-state index in [1.54, 1.807) is 12.3 Å². The van der Waals surface area contributed by atoms with Crippen molar-refractivity contribution in [2.75, 3.05) is 0 Å². The van der Waals surface area contributed by atoms with Crippen LogP contribution < -0.4 is 11.3 Å². The first-order valence-electron chi connectivity index (χ1n) is 3.79. The lowest BCUT2D eigenvalue weighted by molar-refractivity contribution is 0.734. The number of aromatic nitrogens is 1. The molecule has 1 heterocycles. The summed E-state index contributed by atoms with van der Waals surface area (Å²) in [5, 5.41) is 0.212. The molecule has 64 valence electrons. The molecule has 0 radical (unpaired) electrons. The molecule has 0 amide bonds. The van der Waals surface area contributed by atoms with E-state index in [2.05, 4.69) is 4.98 Å². The van der Waals surface area contributed by atoms with E-state index < -0.39 is 0 Å². The van der Waals surface area contributed by atoms with Crippen molar-refractivity contribution in [1.82, 2.24) is 4.98 Å². The van der Waals surface area contributed by atoms with Crippen molar-refractivity contribution in [2.45, 2.75) is 18.4 Å². The van der Waals surface area contributed by atoms with Gasteiger partial charge in [0.2, 0.25) is 0 Å². The van der Waals surface area contributed by atoms with Gasteiger partial charge < -0.3 is 10.7 Å². The van der Waals surface area contributed by atoms with E-state index in [-0.39, 0.29) is 16.1 Å². The molecule has 1 aliphatic rings. The van der Waals surface area contributed by atoms with Gasteiger partial charge in [0.15, 0.2) is 0 Å². The summed E-state index contributed by atoms with van der Waals surface area (Å²) >= 11 is 5.65. The molecule has 2 rings (SSSR count). The van der Waals surface area contributed by atoms with Gasteiger partial charge in [-0.25, -0.2) is 0 Å². The van der Waals surface area contributed by atoms with Gasteiger partial charge >= 0.3 is 0 Å². The fraction of sp³-hybridized carbons (Fsp3) is 0.375. The van der Waals surface area contributed by atoms with Crippen molar-refractivity contribution in [1.29, 1.82) is 0 Å². The van der Waals surface area contributed by atoms with Crippen LogP contribution in [0.1, 0.15) is 18.4 Å². The van der Waals surface area contributed by atoms with Crippen LogP contribution in [0.4, 0.5) is 0 Å². The number of rotatable bonds is 1. The highest BCUT2D eigenvalue weighted by molar-refractivity contribution is 6.30. The van der Waals surface area contributed by atoms with Crippen molar-refractivity contribution in [3.63, 3.8) is 0 Å². The van der Waals surface area contributed by atoms with E-state index in [1.165, 1.54) is 0 Å². The Kier molecular flexibility index (Phi) is 1.53. The van der Waals surface area contributed by atoms with Crippen LogP contribution in [0.3, 0.4) is 0 Å². The molecule has 0 bridgehead atoms. The van der Waals surface area contributed by atoms with Crippen LogP contribution in [-0.2, 0) is 5.54 Å². The molecule has 12 heavy (non-hydrogen) atoms. The number of hydrogen-bond donors (Lipinski definition) is 2. The Morgan fingerprint density at radius 2 is 2.25 bits per heavy atom. The Bertz CT molecular complexity index is 368. The molecule has 0 saturated heterocycles. The van der Waals surface area contributed by atoms with Crippen LogP contribution in [0.2, 0.25) is 5.02 Å². The predicted octanol–water partition coefficient (Wildman–Crippen LogP) is 0.976. The molecule has 3 N–H and O–H groups in total. The quantitative estimate of drug-likeness (QED) is 0.684. The molecular formula is C8H9ClN2O. The highest BCUT2D eigenvalue weighted by atomic mass is 35.5. The normalized spacial score (nSPS) is 19.2. The van der Waals surface area contributed by atoms with Crippen LogP contribution in [-0.4, -0.2) is 4.98 Å². The van der Waals surface area contributed by atoms with Gasteiger partial charge in [-0.2, -0.15) is 0 Å². The summed E-state index contributed by atoms with van der Waals surface area (Å²) in [7, 11) is 0. The summed E-state index contributed by atoms with van der Waals surface area (Å²) in [6.07, 6.45) is 3.58. The summed E-state index contributed by atoms with van der Waals surface area (Å²) in [6, 6.07) is 1.65. The number of aromatic amines is 1. The van der Waals surface area contributed by atoms with Crippen LogP contribution in [0, 0.1) is 0 Å². The molecule has 0 spiro atoms. The number of halogens is 1. The average molecular weight is 185 g/mol. The van der Waals surface area contributed by atoms with Gasteiger partial charge in [-0.1, -0.05) is 11.6 Å². The third-order valence-corrected chi connectivity index (χ3v) is 2.50. The Morgan fingerprint density at radius 1 is 1.58 bits per heavy atom. The van der Waals surface area contributed by atoms with Crippen molar-refractivity contribution in [2.24, 2.45) is 5.73 Å². The zero-order chi connectivity index (χ0) is 8.77. The number of hydrogen-bond acceptors (Lipinski definition) is 2. The third kappa shape index (κ3) is 1.15. The van der Waals surface area contributed by atoms with E-state index in [1.807, 2.05) is 0 Å². The lowest BCUT2D eigenvalue weighted by Gasteiger charge is -2.07. The summed E-state index contributed by atoms with van der Waals surface area (Å²) in [5.74, 6) is 0. The maximum absolute atomic E-state index is 10.9. The Morgan fingerprint density at radius 3 is 2.75 bits per heavy atom. The fourth-order valence-electron chi connectivity index (χ4n) is 1.17.